The Kier molecular flexibility index (Phi) is 3.77. The van der Waals surface area contributed by atoms with Gasteiger partial charge in [-0.1, -0.05) is 48.0 Å². The van der Waals surface area contributed by atoms with E-state index in [0.29, 0.717) is 0 Å². The van der Waals surface area contributed by atoms with E-state index in [1.165, 1.54) is 34.0 Å². The van der Waals surface area contributed by atoms with E-state index in [1.54, 1.807) is 0 Å². The predicted octanol–water partition coefficient (Wildman–Crippen LogP) is 5.33. The summed E-state index contributed by atoms with van der Waals surface area (Å²) < 4.78 is 1.14. The van der Waals surface area contributed by atoms with Gasteiger partial charge in [0.1, 0.15) is 5.01 Å². The van der Waals surface area contributed by atoms with Gasteiger partial charge in [0.25, 0.3) is 0 Å². The molecule has 1 unspecified atom stereocenters. The second-order valence-corrected chi connectivity index (χ2v) is 7.55. The number of thiazole rings is 1. The van der Waals surface area contributed by atoms with Gasteiger partial charge in [-0.2, -0.15) is 0 Å². The van der Waals surface area contributed by atoms with Gasteiger partial charge in [-0.3, -0.25) is 0 Å². The second kappa shape index (κ2) is 5.37. The first-order valence-corrected chi connectivity index (χ1v) is 8.49. The third kappa shape index (κ3) is 2.63. The van der Waals surface area contributed by atoms with Crippen molar-refractivity contribution < 1.29 is 0 Å². The smallest absolute Gasteiger partial charge is 0.125 e. The Bertz CT molecular complexity index is 588. The van der Waals surface area contributed by atoms with E-state index < -0.39 is 0 Å². The molecule has 1 heterocycles. The molecule has 0 saturated carbocycles. The minimum absolute atomic E-state index is 0.780. The SMILES string of the molecule is CC(C)C1CCc2nc(-c3ccccc3Br)sc2C1. The second-order valence-electron chi connectivity index (χ2n) is 5.62. The van der Waals surface area contributed by atoms with Crippen LogP contribution in [0.1, 0.15) is 30.8 Å². The van der Waals surface area contributed by atoms with Crippen LogP contribution in [0.4, 0.5) is 0 Å². The highest BCUT2D eigenvalue weighted by atomic mass is 79.9. The van der Waals surface area contributed by atoms with Crippen LogP contribution in [0.25, 0.3) is 10.6 Å². The monoisotopic (exact) mass is 335 g/mol. The molecular weight excluding hydrogens is 318 g/mol. The van der Waals surface area contributed by atoms with Gasteiger partial charge in [-0.15, -0.1) is 11.3 Å². The number of hydrogen-bond acceptors (Lipinski definition) is 2. The number of rotatable bonds is 2. The molecule has 1 aliphatic rings. The van der Waals surface area contributed by atoms with Crippen molar-refractivity contribution in [1.82, 2.24) is 4.98 Å². The highest BCUT2D eigenvalue weighted by Gasteiger charge is 2.25. The van der Waals surface area contributed by atoms with E-state index >= 15 is 0 Å². The van der Waals surface area contributed by atoms with Crippen LogP contribution in [0.15, 0.2) is 28.7 Å². The van der Waals surface area contributed by atoms with E-state index in [2.05, 4.69) is 54.0 Å². The lowest BCUT2D eigenvalue weighted by Gasteiger charge is -2.24. The quantitative estimate of drug-likeness (QED) is 0.722. The van der Waals surface area contributed by atoms with E-state index in [-0.39, 0.29) is 0 Å². The molecule has 3 heteroatoms. The molecule has 19 heavy (non-hydrogen) atoms. The fourth-order valence-corrected chi connectivity index (χ4v) is 4.56. The zero-order valence-corrected chi connectivity index (χ0v) is 13.7. The highest BCUT2D eigenvalue weighted by Crippen LogP contribution is 2.38. The lowest BCUT2D eigenvalue weighted by Crippen LogP contribution is -2.17. The largest absolute Gasteiger partial charge is 0.241 e. The van der Waals surface area contributed by atoms with Crippen molar-refractivity contribution in [2.24, 2.45) is 11.8 Å². The molecular formula is C16H18BrNS. The molecule has 0 spiro atoms. The molecule has 0 aliphatic heterocycles. The zero-order valence-electron chi connectivity index (χ0n) is 11.3. The molecule has 1 nitrogen and oxygen atoms in total. The van der Waals surface area contributed by atoms with Gasteiger partial charge in [0, 0.05) is 14.9 Å². The lowest BCUT2D eigenvalue weighted by atomic mass is 9.83. The molecule has 0 saturated heterocycles. The lowest BCUT2D eigenvalue weighted by molar-refractivity contribution is 0.344. The molecule has 0 N–H and O–H groups in total. The van der Waals surface area contributed by atoms with Crippen LogP contribution in [-0.4, -0.2) is 4.98 Å². The maximum atomic E-state index is 4.86. The molecule has 2 aromatic rings. The summed E-state index contributed by atoms with van der Waals surface area (Å²) in [4.78, 5) is 6.37. The van der Waals surface area contributed by atoms with E-state index in [1.807, 2.05) is 11.3 Å². The first-order chi connectivity index (χ1) is 9.15. The van der Waals surface area contributed by atoms with Crippen LogP contribution < -0.4 is 0 Å². The van der Waals surface area contributed by atoms with Crippen molar-refractivity contribution in [3.63, 3.8) is 0 Å². The Morgan fingerprint density at radius 1 is 1.32 bits per heavy atom. The first kappa shape index (κ1) is 13.3. The van der Waals surface area contributed by atoms with Gasteiger partial charge >= 0.3 is 0 Å². The molecule has 3 rings (SSSR count). The number of hydrogen-bond donors (Lipinski definition) is 0. The Labute approximate surface area is 127 Å². The van der Waals surface area contributed by atoms with Gasteiger partial charge in [0.15, 0.2) is 0 Å². The van der Waals surface area contributed by atoms with E-state index in [0.717, 1.165) is 22.7 Å². The molecule has 1 aliphatic carbocycles. The van der Waals surface area contributed by atoms with E-state index in [4.69, 9.17) is 4.98 Å². The summed E-state index contributed by atoms with van der Waals surface area (Å²) >= 11 is 5.51. The van der Waals surface area contributed by atoms with Crippen LogP contribution in [-0.2, 0) is 12.8 Å². The van der Waals surface area contributed by atoms with Crippen LogP contribution >= 0.6 is 27.3 Å². The van der Waals surface area contributed by atoms with Crippen molar-refractivity contribution in [1.29, 1.82) is 0 Å². The number of aryl methyl sites for hydroxylation is 1. The Morgan fingerprint density at radius 3 is 2.84 bits per heavy atom. The maximum absolute atomic E-state index is 4.86. The fraction of sp³-hybridized carbons (Fsp3) is 0.438. The van der Waals surface area contributed by atoms with Crippen molar-refractivity contribution in [3.8, 4) is 10.6 Å². The summed E-state index contributed by atoms with van der Waals surface area (Å²) in [5.41, 5.74) is 2.57. The van der Waals surface area contributed by atoms with Gasteiger partial charge in [0.05, 0.1) is 5.69 Å². The Hall–Kier alpha value is -0.670. The van der Waals surface area contributed by atoms with Crippen LogP contribution in [0.5, 0.6) is 0 Å². The minimum atomic E-state index is 0.780. The van der Waals surface area contributed by atoms with Crippen molar-refractivity contribution in [2.45, 2.75) is 33.1 Å². The minimum Gasteiger partial charge on any atom is -0.241 e. The van der Waals surface area contributed by atoms with Crippen LogP contribution in [0.3, 0.4) is 0 Å². The summed E-state index contributed by atoms with van der Waals surface area (Å²) in [6, 6.07) is 8.37. The van der Waals surface area contributed by atoms with E-state index in [9.17, 15) is 0 Å². The number of nitrogens with zero attached hydrogens (tertiary/aromatic N) is 1. The molecule has 0 fully saturated rings. The van der Waals surface area contributed by atoms with Gasteiger partial charge in [0.2, 0.25) is 0 Å². The van der Waals surface area contributed by atoms with Crippen molar-refractivity contribution in [2.75, 3.05) is 0 Å². The molecule has 1 aromatic heterocycles. The zero-order chi connectivity index (χ0) is 13.4. The maximum Gasteiger partial charge on any atom is 0.125 e. The van der Waals surface area contributed by atoms with Gasteiger partial charge < -0.3 is 0 Å². The summed E-state index contributed by atoms with van der Waals surface area (Å²) in [5.74, 6) is 1.61. The normalized spacial score (nSPS) is 18.6. The predicted molar refractivity (Wildman–Crippen MR) is 85.6 cm³/mol. The van der Waals surface area contributed by atoms with Crippen molar-refractivity contribution >= 4 is 27.3 Å². The Morgan fingerprint density at radius 2 is 2.11 bits per heavy atom. The topological polar surface area (TPSA) is 12.9 Å². The molecule has 0 bridgehead atoms. The highest BCUT2D eigenvalue weighted by molar-refractivity contribution is 9.10. The number of fused-ring (bicyclic) bond motifs is 1. The summed E-state index contributed by atoms with van der Waals surface area (Å²) in [5, 5.41) is 1.17. The van der Waals surface area contributed by atoms with Gasteiger partial charge in [-0.05, 0) is 37.2 Å². The summed E-state index contributed by atoms with van der Waals surface area (Å²) in [6.45, 7) is 4.68. The van der Waals surface area contributed by atoms with Crippen LogP contribution in [0.2, 0.25) is 0 Å². The average Bonchev–Trinajstić information content (AvgIpc) is 2.81. The third-order valence-corrected chi connectivity index (χ3v) is 5.87. The number of aromatic nitrogens is 1. The molecule has 0 amide bonds. The summed E-state index contributed by atoms with van der Waals surface area (Å²) in [7, 11) is 0. The molecule has 100 valence electrons. The fourth-order valence-electron chi connectivity index (χ4n) is 2.72. The average molecular weight is 336 g/mol. The van der Waals surface area contributed by atoms with Crippen LogP contribution in [0, 0.1) is 11.8 Å². The summed E-state index contributed by atoms with van der Waals surface area (Å²) in [6.07, 6.45) is 3.66. The van der Waals surface area contributed by atoms with Crippen molar-refractivity contribution in [3.05, 3.63) is 39.3 Å². The number of halogens is 1. The Balaban J connectivity index is 1.94. The molecule has 1 aromatic carbocycles. The standard InChI is InChI=1S/C16H18BrNS/c1-10(2)11-7-8-14-15(9-11)19-16(18-14)12-5-3-4-6-13(12)17/h3-6,10-11H,7-9H2,1-2H3. The molecule has 0 radical (unpaired) electrons. The molecule has 1 atom stereocenters. The number of benzene rings is 1. The first-order valence-electron chi connectivity index (χ1n) is 6.88. The third-order valence-electron chi connectivity index (χ3n) is 4.02. The van der Waals surface area contributed by atoms with Gasteiger partial charge in [-0.25, -0.2) is 4.98 Å².